The second-order valence-electron chi connectivity index (χ2n) is 3.35. The fourth-order valence-corrected chi connectivity index (χ4v) is 2.19. The number of carbonyl (C=O) groups is 1. The predicted octanol–water partition coefficient (Wildman–Crippen LogP) is 2.72. The first kappa shape index (κ1) is 13.4. The molecule has 0 aliphatic rings. The van der Waals surface area contributed by atoms with Gasteiger partial charge in [-0.05, 0) is 8.30 Å². The van der Waals surface area contributed by atoms with Gasteiger partial charge in [0.2, 0.25) is 5.82 Å². The Kier molecular flexibility index (Phi) is 4.66. The van der Waals surface area contributed by atoms with Crippen LogP contribution in [-0.4, -0.2) is 23.0 Å². The van der Waals surface area contributed by atoms with Crippen LogP contribution in [0.5, 0.6) is 0 Å². The molecule has 94 valence electrons. The maximum atomic E-state index is 12.5. The van der Waals surface area contributed by atoms with Crippen LogP contribution in [0.2, 0.25) is 0 Å². The summed E-state index contributed by atoms with van der Waals surface area (Å²) in [6.45, 7) is 0. The molecule has 0 saturated carbocycles. The number of hydrogen-bond donors (Lipinski definition) is 1. The normalized spacial score (nSPS) is 10.8. The van der Waals surface area contributed by atoms with E-state index in [1.165, 1.54) is 22.9 Å². The second kappa shape index (κ2) is 6.25. The van der Waals surface area contributed by atoms with Crippen molar-refractivity contribution in [3.8, 4) is 0 Å². The molecule has 0 bridgehead atoms. The van der Waals surface area contributed by atoms with E-state index in [2.05, 4.69) is 15.2 Å². The van der Waals surface area contributed by atoms with Crippen molar-refractivity contribution >= 4 is 39.9 Å². The van der Waals surface area contributed by atoms with Crippen LogP contribution in [0.15, 0.2) is 30.3 Å². The number of nitrogens with zero attached hydrogens (tertiary/aromatic N) is 3. The van der Waals surface area contributed by atoms with Crippen LogP contribution >= 0.6 is 34.8 Å². The molecule has 1 N–H and O–H groups in total. The highest BCUT2D eigenvalue weighted by Gasteiger charge is 2.16. The number of benzene rings is 1. The number of H-pyrrole nitrogens is 1. The van der Waals surface area contributed by atoms with E-state index < -0.39 is 5.12 Å². The van der Waals surface area contributed by atoms with E-state index in [-0.39, 0.29) is 8.57 Å². The number of nitrogens with one attached hydrogen (secondary N) is 1. The molecule has 0 spiro atoms. The Labute approximate surface area is 121 Å². The number of aromatic amines is 1. The molecule has 2 aromatic rings. The Morgan fingerprint density at radius 3 is 2.83 bits per heavy atom. The van der Waals surface area contributed by atoms with Crippen LogP contribution in [-0.2, 0) is 6.42 Å². The summed E-state index contributed by atoms with van der Waals surface area (Å²) in [5.74, 6) is 0.550. The van der Waals surface area contributed by atoms with Gasteiger partial charge >= 0.3 is 0 Å². The minimum atomic E-state index is -0.539. The van der Waals surface area contributed by atoms with Crippen LogP contribution in [0, 0.1) is 0 Å². The fraction of sp³-hybridized carbons (Fsp3) is 0.100. The summed E-state index contributed by atoms with van der Waals surface area (Å²) in [6, 6.07) is 9.67. The van der Waals surface area contributed by atoms with E-state index in [0.717, 1.165) is 5.56 Å². The van der Waals surface area contributed by atoms with Gasteiger partial charge in [0.1, 0.15) is 5.82 Å². The average Bonchev–Trinajstić information content (AvgIpc) is 2.78. The zero-order chi connectivity index (χ0) is 13.0. The van der Waals surface area contributed by atoms with Gasteiger partial charge in [0.05, 0.1) is 22.9 Å². The van der Waals surface area contributed by atoms with Crippen LogP contribution in [0.4, 0.5) is 4.48 Å². The molecule has 0 aliphatic heterocycles. The van der Waals surface area contributed by atoms with E-state index in [4.69, 9.17) is 0 Å². The molecule has 0 aliphatic carbocycles. The molecule has 0 amide bonds. The minimum Gasteiger partial charge on any atom is -0.276 e. The SMILES string of the molecule is O=C(SN(F)I)c1n[nH]c(Cc2ccccc2)n1. The third-order valence-electron chi connectivity index (χ3n) is 2.08. The molecule has 5 nitrogen and oxygen atoms in total. The first-order chi connectivity index (χ1) is 8.65. The standard InChI is InChI=1S/C10H8FIN4OS/c11-16(12)18-10(17)9-13-8(14-15-9)6-7-4-2-1-3-5-7/h1-5H,6H2,(H,13,14,15). The highest BCUT2D eigenvalue weighted by molar-refractivity contribution is 14.1. The van der Waals surface area contributed by atoms with Crippen LogP contribution in [0.3, 0.4) is 0 Å². The zero-order valence-corrected chi connectivity index (χ0v) is 12.0. The van der Waals surface area contributed by atoms with Crippen molar-refractivity contribution in [1.29, 1.82) is 0 Å². The molecule has 0 atom stereocenters. The Hall–Kier alpha value is -1.00. The summed E-state index contributed by atoms with van der Waals surface area (Å²) in [5.41, 5.74) is 1.06. The lowest BCUT2D eigenvalue weighted by molar-refractivity contribution is 0.107. The van der Waals surface area contributed by atoms with Crippen LogP contribution in [0.1, 0.15) is 22.0 Å². The van der Waals surface area contributed by atoms with Gasteiger partial charge in [-0.25, -0.2) is 4.98 Å². The third kappa shape index (κ3) is 3.75. The molecule has 1 aromatic carbocycles. The Bertz CT molecular complexity index is 534. The summed E-state index contributed by atoms with van der Waals surface area (Å²) < 4.78 is 12.7. The Balaban J connectivity index is 2.04. The number of hydrogen-bond acceptors (Lipinski definition) is 5. The van der Waals surface area contributed by atoms with E-state index in [1.54, 1.807) is 0 Å². The first-order valence-corrected chi connectivity index (χ1v) is 6.68. The quantitative estimate of drug-likeness (QED) is 0.504. The van der Waals surface area contributed by atoms with Gasteiger partial charge < -0.3 is 0 Å². The minimum absolute atomic E-state index is 0.0229. The van der Waals surface area contributed by atoms with Gasteiger partial charge in [0.15, 0.2) is 0 Å². The van der Waals surface area contributed by atoms with Crippen molar-refractivity contribution in [3.63, 3.8) is 0 Å². The maximum absolute atomic E-state index is 12.5. The number of halogens is 2. The van der Waals surface area contributed by atoms with E-state index in [1.807, 2.05) is 30.3 Å². The summed E-state index contributed by atoms with van der Waals surface area (Å²) in [7, 11) is 0. The highest BCUT2D eigenvalue weighted by atomic mass is 127. The van der Waals surface area contributed by atoms with Gasteiger partial charge in [-0.1, -0.05) is 30.3 Å². The summed E-state index contributed by atoms with van der Waals surface area (Å²) >= 11 is 1.75. The van der Waals surface area contributed by atoms with E-state index >= 15 is 0 Å². The maximum Gasteiger partial charge on any atom is 0.276 e. The van der Waals surface area contributed by atoms with Gasteiger partial charge in [-0.15, -0.1) is 9.58 Å². The Morgan fingerprint density at radius 1 is 1.44 bits per heavy atom. The lowest BCUT2D eigenvalue weighted by atomic mass is 10.1. The molecular formula is C10H8FIN4OS. The highest BCUT2D eigenvalue weighted by Crippen LogP contribution is 2.19. The van der Waals surface area contributed by atoms with Crippen molar-refractivity contribution in [1.82, 2.24) is 17.9 Å². The van der Waals surface area contributed by atoms with Crippen molar-refractivity contribution in [2.75, 3.05) is 0 Å². The first-order valence-electron chi connectivity index (χ1n) is 4.94. The van der Waals surface area contributed by atoms with Crippen molar-refractivity contribution in [2.45, 2.75) is 6.42 Å². The van der Waals surface area contributed by atoms with Gasteiger partial charge in [-0.3, -0.25) is 9.89 Å². The molecule has 0 saturated heterocycles. The topological polar surface area (TPSA) is 61.9 Å². The largest absolute Gasteiger partial charge is 0.276 e. The molecule has 2 rings (SSSR count). The van der Waals surface area contributed by atoms with Crippen molar-refractivity contribution in [2.24, 2.45) is 0 Å². The second-order valence-corrected chi connectivity index (χ2v) is 5.72. The monoisotopic (exact) mass is 378 g/mol. The van der Waals surface area contributed by atoms with Crippen molar-refractivity contribution in [3.05, 3.63) is 47.5 Å². The molecule has 0 fully saturated rings. The van der Waals surface area contributed by atoms with Crippen molar-refractivity contribution < 1.29 is 9.28 Å². The van der Waals surface area contributed by atoms with Crippen LogP contribution in [0.25, 0.3) is 0 Å². The zero-order valence-electron chi connectivity index (χ0n) is 9.01. The predicted molar refractivity (Wildman–Crippen MR) is 74.5 cm³/mol. The lowest BCUT2D eigenvalue weighted by Gasteiger charge is -1.96. The Morgan fingerprint density at radius 2 is 2.17 bits per heavy atom. The molecule has 18 heavy (non-hydrogen) atoms. The smallest absolute Gasteiger partial charge is 0.276 e. The van der Waals surface area contributed by atoms with Gasteiger partial charge in [-0.2, -0.15) is 0 Å². The van der Waals surface area contributed by atoms with Gasteiger partial charge in [0, 0.05) is 18.4 Å². The number of rotatable bonds is 4. The molecular weight excluding hydrogens is 370 g/mol. The summed E-state index contributed by atoms with van der Waals surface area (Å²) in [6.07, 6.45) is 0.551. The number of aromatic nitrogens is 3. The van der Waals surface area contributed by atoms with Gasteiger partial charge in [0.25, 0.3) is 5.12 Å². The molecule has 1 aromatic heterocycles. The van der Waals surface area contributed by atoms with Crippen LogP contribution < -0.4 is 0 Å². The third-order valence-corrected chi connectivity index (χ3v) is 3.16. The fourth-order valence-electron chi connectivity index (χ4n) is 1.36. The number of carbonyl (C=O) groups excluding carboxylic acids is 1. The van der Waals surface area contributed by atoms with E-state index in [9.17, 15) is 9.28 Å². The average molecular weight is 378 g/mol. The lowest BCUT2D eigenvalue weighted by Crippen LogP contribution is -2.00. The summed E-state index contributed by atoms with van der Waals surface area (Å²) in [4.78, 5) is 15.5. The molecule has 0 radical (unpaired) electrons. The molecule has 8 heteroatoms. The summed E-state index contributed by atoms with van der Waals surface area (Å²) in [5, 5.41) is 5.89. The van der Waals surface area contributed by atoms with E-state index in [0.29, 0.717) is 24.2 Å². The molecule has 0 unspecified atom stereocenters. The molecule has 1 heterocycles.